The van der Waals surface area contributed by atoms with E-state index in [0.29, 0.717) is 0 Å². The molecule has 0 N–H and O–H groups in total. The zero-order valence-corrected chi connectivity index (χ0v) is 12.2. The van der Waals surface area contributed by atoms with Crippen molar-refractivity contribution in [3.8, 4) is 0 Å². The van der Waals surface area contributed by atoms with Crippen LogP contribution in [0.3, 0.4) is 0 Å². The Balaban J connectivity index is 2.91. The van der Waals surface area contributed by atoms with Crippen LogP contribution in [0.5, 0.6) is 0 Å². The lowest BCUT2D eigenvalue weighted by molar-refractivity contribution is 0.219. The van der Waals surface area contributed by atoms with Crippen molar-refractivity contribution in [3.63, 3.8) is 0 Å². The van der Waals surface area contributed by atoms with E-state index in [1.165, 1.54) is 24.8 Å². The molecule has 0 bridgehead atoms. The maximum atomic E-state index is 2.41. The third kappa shape index (κ3) is 3.59. The minimum Gasteiger partial charge on any atom is -0.0654 e. The monoisotopic (exact) mass is 232 g/mol. The van der Waals surface area contributed by atoms with Crippen LogP contribution in [0.15, 0.2) is 30.3 Å². The molecular formula is C17H28. The molecule has 0 amide bonds. The first-order chi connectivity index (χ1) is 8.00. The van der Waals surface area contributed by atoms with Crippen LogP contribution in [0, 0.1) is 11.8 Å². The first-order valence-electron chi connectivity index (χ1n) is 7.05. The van der Waals surface area contributed by atoms with Crippen molar-refractivity contribution in [1.82, 2.24) is 0 Å². The summed E-state index contributed by atoms with van der Waals surface area (Å²) in [4.78, 5) is 0. The standard InChI is InChI=1S/C17H28/c1-6-7-13-16(14(2)3)17(4,5)15-11-9-8-10-12-15/h8-12,14,16H,6-7,13H2,1-5H3. The number of benzene rings is 1. The van der Waals surface area contributed by atoms with E-state index >= 15 is 0 Å². The topological polar surface area (TPSA) is 0 Å². The number of hydrogen-bond donors (Lipinski definition) is 0. The highest BCUT2D eigenvalue weighted by atomic mass is 14.4. The molecule has 17 heavy (non-hydrogen) atoms. The Morgan fingerprint density at radius 1 is 1.06 bits per heavy atom. The van der Waals surface area contributed by atoms with Gasteiger partial charge in [-0.05, 0) is 29.2 Å². The second kappa shape index (κ2) is 6.23. The van der Waals surface area contributed by atoms with Crippen LogP contribution < -0.4 is 0 Å². The minimum absolute atomic E-state index is 0.282. The molecular weight excluding hydrogens is 204 g/mol. The fourth-order valence-corrected chi connectivity index (χ4v) is 3.03. The fourth-order valence-electron chi connectivity index (χ4n) is 3.03. The van der Waals surface area contributed by atoms with E-state index in [1.54, 1.807) is 0 Å². The number of hydrogen-bond acceptors (Lipinski definition) is 0. The molecule has 0 saturated carbocycles. The van der Waals surface area contributed by atoms with Crippen molar-refractivity contribution in [3.05, 3.63) is 35.9 Å². The van der Waals surface area contributed by atoms with E-state index in [1.807, 2.05) is 0 Å². The zero-order valence-electron chi connectivity index (χ0n) is 12.2. The zero-order chi connectivity index (χ0) is 12.9. The molecule has 1 aromatic rings. The Morgan fingerprint density at radius 3 is 2.12 bits per heavy atom. The maximum absolute atomic E-state index is 2.41. The highest BCUT2D eigenvalue weighted by Gasteiger charge is 2.32. The van der Waals surface area contributed by atoms with Crippen LogP contribution in [-0.2, 0) is 5.41 Å². The fraction of sp³-hybridized carbons (Fsp3) is 0.647. The summed E-state index contributed by atoms with van der Waals surface area (Å²) in [5.74, 6) is 1.52. The Morgan fingerprint density at radius 2 is 1.65 bits per heavy atom. The summed E-state index contributed by atoms with van der Waals surface area (Å²) in [5.41, 5.74) is 1.76. The Kier molecular flexibility index (Phi) is 5.24. The van der Waals surface area contributed by atoms with Gasteiger partial charge in [-0.1, -0.05) is 77.8 Å². The molecule has 0 aliphatic carbocycles. The van der Waals surface area contributed by atoms with Crippen molar-refractivity contribution in [2.45, 2.75) is 59.3 Å². The third-order valence-corrected chi connectivity index (χ3v) is 4.12. The molecule has 0 aliphatic heterocycles. The summed E-state index contributed by atoms with van der Waals surface area (Å²) in [6, 6.07) is 11.0. The Hall–Kier alpha value is -0.780. The van der Waals surface area contributed by atoms with Crippen LogP contribution in [0.4, 0.5) is 0 Å². The third-order valence-electron chi connectivity index (χ3n) is 4.12. The van der Waals surface area contributed by atoms with Crippen molar-refractivity contribution >= 4 is 0 Å². The van der Waals surface area contributed by atoms with Gasteiger partial charge in [-0.15, -0.1) is 0 Å². The molecule has 0 fully saturated rings. The predicted octanol–water partition coefficient (Wildman–Crippen LogP) is 5.43. The van der Waals surface area contributed by atoms with Crippen molar-refractivity contribution in [2.75, 3.05) is 0 Å². The predicted molar refractivity (Wildman–Crippen MR) is 77.3 cm³/mol. The molecule has 0 nitrogen and oxygen atoms in total. The van der Waals surface area contributed by atoms with Gasteiger partial charge in [-0.3, -0.25) is 0 Å². The van der Waals surface area contributed by atoms with Crippen molar-refractivity contribution in [2.24, 2.45) is 11.8 Å². The van der Waals surface area contributed by atoms with Gasteiger partial charge in [0.15, 0.2) is 0 Å². The van der Waals surface area contributed by atoms with Gasteiger partial charge in [-0.2, -0.15) is 0 Å². The number of rotatable bonds is 6. The highest BCUT2D eigenvalue weighted by Crippen LogP contribution is 2.39. The molecule has 0 heterocycles. The van der Waals surface area contributed by atoms with E-state index in [0.717, 1.165) is 11.8 Å². The van der Waals surface area contributed by atoms with E-state index in [9.17, 15) is 0 Å². The average Bonchev–Trinajstić information content (AvgIpc) is 2.30. The second-order valence-corrected chi connectivity index (χ2v) is 6.08. The van der Waals surface area contributed by atoms with Crippen molar-refractivity contribution in [1.29, 1.82) is 0 Å². The lowest BCUT2D eigenvalue weighted by Crippen LogP contribution is -2.32. The molecule has 0 radical (unpaired) electrons. The Labute approximate surface area is 107 Å². The van der Waals surface area contributed by atoms with Gasteiger partial charge in [0, 0.05) is 0 Å². The van der Waals surface area contributed by atoms with Crippen LogP contribution in [0.2, 0.25) is 0 Å². The summed E-state index contributed by atoms with van der Waals surface area (Å²) < 4.78 is 0. The summed E-state index contributed by atoms with van der Waals surface area (Å²) in [6.45, 7) is 11.8. The van der Waals surface area contributed by atoms with E-state index < -0.39 is 0 Å². The van der Waals surface area contributed by atoms with Crippen molar-refractivity contribution < 1.29 is 0 Å². The molecule has 0 aromatic heterocycles. The number of unbranched alkanes of at least 4 members (excludes halogenated alkanes) is 1. The van der Waals surface area contributed by atoms with E-state index in [2.05, 4.69) is 65.0 Å². The molecule has 96 valence electrons. The van der Waals surface area contributed by atoms with Gasteiger partial charge in [0.1, 0.15) is 0 Å². The quantitative estimate of drug-likeness (QED) is 0.614. The van der Waals surface area contributed by atoms with E-state index in [-0.39, 0.29) is 5.41 Å². The van der Waals surface area contributed by atoms with Gasteiger partial charge in [0.05, 0.1) is 0 Å². The van der Waals surface area contributed by atoms with Gasteiger partial charge < -0.3 is 0 Å². The van der Waals surface area contributed by atoms with Gasteiger partial charge in [0.25, 0.3) is 0 Å². The molecule has 1 unspecified atom stereocenters. The highest BCUT2D eigenvalue weighted by molar-refractivity contribution is 5.24. The van der Waals surface area contributed by atoms with E-state index in [4.69, 9.17) is 0 Å². The Bertz CT molecular complexity index is 308. The average molecular weight is 232 g/mol. The summed E-state index contributed by atoms with van der Waals surface area (Å²) in [7, 11) is 0. The van der Waals surface area contributed by atoms with Gasteiger partial charge in [0.2, 0.25) is 0 Å². The van der Waals surface area contributed by atoms with Crippen LogP contribution >= 0.6 is 0 Å². The molecule has 1 aromatic carbocycles. The largest absolute Gasteiger partial charge is 0.0654 e. The molecule has 1 atom stereocenters. The molecule has 0 spiro atoms. The second-order valence-electron chi connectivity index (χ2n) is 6.08. The van der Waals surface area contributed by atoms with Crippen LogP contribution in [0.25, 0.3) is 0 Å². The van der Waals surface area contributed by atoms with Crippen LogP contribution in [-0.4, -0.2) is 0 Å². The SMILES string of the molecule is CCCCC(C(C)C)C(C)(C)c1ccccc1. The molecule has 1 rings (SSSR count). The first-order valence-corrected chi connectivity index (χ1v) is 7.05. The summed E-state index contributed by atoms with van der Waals surface area (Å²) in [5, 5.41) is 0. The lowest BCUT2D eigenvalue weighted by atomic mass is 9.67. The van der Waals surface area contributed by atoms with Crippen LogP contribution in [0.1, 0.15) is 59.4 Å². The minimum atomic E-state index is 0.282. The maximum Gasteiger partial charge on any atom is -0.00729 e. The molecule has 0 saturated heterocycles. The molecule has 0 aliphatic rings. The summed E-state index contributed by atoms with van der Waals surface area (Å²) in [6.07, 6.45) is 3.99. The summed E-state index contributed by atoms with van der Waals surface area (Å²) >= 11 is 0. The normalized spacial score (nSPS) is 14.0. The smallest absolute Gasteiger partial charge is 0.00729 e. The first kappa shape index (κ1) is 14.3. The lowest BCUT2D eigenvalue weighted by Gasteiger charge is -2.38. The van der Waals surface area contributed by atoms with Gasteiger partial charge in [-0.25, -0.2) is 0 Å². The molecule has 0 heteroatoms. The van der Waals surface area contributed by atoms with Gasteiger partial charge >= 0.3 is 0 Å².